The molecule has 0 spiro atoms. The summed E-state index contributed by atoms with van der Waals surface area (Å²) in [4.78, 5) is 30.3. The monoisotopic (exact) mass is 432 g/mol. The molecule has 32 heavy (non-hydrogen) atoms. The Labute approximate surface area is 181 Å². The first-order chi connectivity index (χ1) is 15.4. The van der Waals surface area contributed by atoms with E-state index in [0.29, 0.717) is 28.4 Å². The number of hydrogen-bond donors (Lipinski definition) is 1. The summed E-state index contributed by atoms with van der Waals surface area (Å²) < 4.78 is 21.8. The standard InChI is InChI=1S/C21H17FN8O2/c1-11-18(19(23)31)32-12(2)30(11)14-3-4-16(22)15(7-14)20-27-21-26-8-13(10-29(21)28-20)17-9-24-5-6-25-17/h3-10,12H,1-2H3,(H2,23,31). The van der Waals surface area contributed by atoms with E-state index in [1.54, 1.807) is 61.9 Å². The molecular weight excluding hydrogens is 415 g/mol. The van der Waals surface area contributed by atoms with Crippen LogP contribution in [0.1, 0.15) is 13.8 Å². The number of allylic oxidation sites excluding steroid dienone is 1. The minimum absolute atomic E-state index is 0.0787. The van der Waals surface area contributed by atoms with Crippen molar-refractivity contribution < 1.29 is 13.9 Å². The average molecular weight is 432 g/mol. The molecule has 10 nitrogen and oxygen atoms in total. The predicted molar refractivity (Wildman–Crippen MR) is 112 cm³/mol. The Kier molecular flexibility index (Phi) is 4.51. The molecule has 0 radical (unpaired) electrons. The van der Waals surface area contributed by atoms with Crippen molar-refractivity contribution in [1.82, 2.24) is 29.5 Å². The first kappa shape index (κ1) is 19.5. The highest BCUT2D eigenvalue weighted by atomic mass is 19.1. The Morgan fingerprint density at radius 3 is 2.78 bits per heavy atom. The van der Waals surface area contributed by atoms with Gasteiger partial charge in [-0.15, -0.1) is 5.10 Å². The number of nitrogens with two attached hydrogens (primary N) is 1. The Morgan fingerprint density at radius 1 is 1.22 bits per heavy atom. The number of hydrogen-bond acceptors (Lipinski definition) is 8. The molecule has 2 N–H and O–H groups in total. The van der Waals surface area contributed by atoms with E-state index in [1.165, 1.54) is 10.6 Å². The van der Waals surface area contributed by atoms with Crippen LogP contribution >= 0.6 is 0 Å². The molecule has 1 aliphatic rings. The van der Waals surface area contributed by atoms with E-state index in [0.717, 1.165) is 0 Å². The van der Waals surface area contributed by atoms with Crippen molar-refractivity contribution in [2.24, 2.45) is 5.73 Å². The number of aromatic nitrogens is 6. The van der Waals surface area contributed by atoms with Gasteiger partial charge in [0.25, 0.3) is 11.7 Å². The summed E-state index contributed by atoms with van der Waals surface area (Å²) in [5, 5.41) is 4.40. The number of carbonyl (C=O) groups excluding carboxylic acids is 1. The lowest BCUT2D eigenvalue weighted by atomic mass is 10.1. The summed E-state index contributed by atoms with van der Waals surface area (Å²) in [5.41, 5.74) is 8.04. The Morgan fingerprint density at radius 2 is 2.06 bits per heavy atom. The van der Waals surface area contributed by atoms with Gasteiger partial charge in [0.2, 0.25) is 5.76 Å². The highest BCUT2D eigenvalue weighted by Gasteiger charge is 2.32. The van der Waals surface area contributed by atoms with Crippen LogP contribution in [0.15, 0.2) is 60.6 Å². The molecule has 0 bridgehead atoms. The summed E-state index contributed by atoms with van der Waals surface area (Å²) >= 11 is 0. The number of halogens is 1. The van der Waals surface area contributed by atoms with Gasteiger partial charge < -0.3 is 15.4 Å². The van der Waals surface area contributed by atoms with Crippen LogP contribution in [0.4, 0.5) is 10.1 Å². The van der Waals surface area contributed by atoms with E-state index in [9.17, 15) is 9.18 Å². The fourth-order valence-corrected chi connectivity index (χ4v) is 3.64. The van der Waals surface area contributed by atoms with Gasteiger partial charge in [0, 0.05) is 36.0 Å². The highest BCUT2D eigenvalue weighted by molar-refractivity contribution is 5.92. The van der Waals surface area contributed by atoms with Crippen LogP contribution in [0.25, 0.3) is 28.4 Å². The average Bonchev–Trinajstić information content (AvgIpc) is 3.34. The van der Waals surface area contributed by atoms with Gasteiger partial charge in [-0.2, -0.15) is 4.98 Å². The molecule has 0 fully saturated rings. The van der Waals surface area contributed by atoms with E-state index in [4.69, 9.17) is 10.5 Å². The van der Waals surface area contributed by atoms with Gasteiger partial charge in [-0.1, -0.05) is 0 Å². The molecule has 160 valence electrons. The summed E-state index contributed by atoms with van der Waals surface area (Å²) in [6, 6.07) is 4.50. The fraction of sp³-hybridized carbons (Fsp3) is 0.143. The molecule has 0 saturated heterocycles. The molecule has 4 aromatic rings. The smallest absolute Gasteiger partial charge is 0.285 e. The lowest BCUT2D eigenvalue weighted by Crippen LogP contribution is -2.27. The van der Waals surface area contributed by atoms with Gasteiger partial charge in [-0.05, 0) is 32.0 Å². The van der Waals surface area contributed by atoms with Gasteiger partial charge >= 0.3 is 0 Å². The van der Waals surface area contributed by atoms with E-state index in [2.05, 4.69) is 25.0 Å². The molecule has 1 amide bonds. The Balaban J connectivity index is 1.56. The fourth-order valence-electron chi connectivity index (χ4n) is 3.64. The first-order valence-corrected chi connectivity index (χ1v) is 9.67. The maximum absolute atomic E-state index is 14.8. The summed E-state index contributed by atoms with van der Waals surface area (Å²) in [5.74, 6) is -0.607. The minimum Gasteiger partial charge on any atom is -0.463 e. The van der Waals surface area contributed by atoms with Gasteiger partial charge in [0.1, 0.15) is 5.82 Å². The van der Waals surface area contributed by atoms with Gasteiger partial charge in [-0.3, -0.25) is 14.8 Å². The topological polar surface area (TPSA) is 124 Å². The van der Waals surface area contributed by atoms with E-state index >= 15 is 0 Å². The number of nitrogens with zero attached hydrogens (tertiary/aromatic N) is 7. The second-order valence-corrected chi connectivity index (χ2v) is 7.14. The van der Waals surface area contributed by atoms with Crippen LogP contribution in [0.5, 0.6) is 0 Å². The van der Waals surface area contributed by atoms with Crippen molar-refractivity contribution in [3.63, 3.8) is 0 Å². The van der Waals surface area contributed by atoms with Crippen molar-refractivity contribution >= 4 is 17.4 Å². The van der Waals surface area contributed by atoms with E-state index < -0.39 is 18.0 Å². The lowest BCUT2D eigenvalue weighted by molar-refractivity contribution is -0.118. The number of carbonyl (C=O) groups is 1. The normalized spacial score (nSPS) is 16.0. The number of fused-ring (bicyclic) bond motifs is 1. The molecule has 1 aliphatic heterocycles. The van der Waals surface area contributed by atoms with Crippen molar-refractivity contribution in [3.8, 4) is 22.6 Å². The molecule has 0 saturated carbocycles. The van der Waals surface area contributed by atoms with Gasteiger partial charge in [0.05, 0.1) is 23.2 Å². The molecule has 1 atom stereocenters. The molecule has 11 heteroatoms. The van der Waals surface area contributed by atoms with Crippen LogP contribution in [-0.2, 0) is 9.53 Å². The van der Waals surface area contributed by atoms with Crippen molar-refractivity contribution in [3.05, 3.63) is 66.5 Å². The summed E-state index contributed by atoms with van der Waals surface area (Å²) in [7, 11) is 0. The minimum atomic E-state index is -0.661. The van der Waals surface area contributed by atoms with Crippen LogP contribution in [0.3, 0.4) is 0 Å². The zero-order valence-electron chi connectivity index (χ0n) is 17.1. The zero-order valence-corrected chi connectivity index (χ0v) is 17.1. The molecule has 5 rings (SSSR count). The molecule has 0 aliphatic carbocycles. The van der Waals surface area contributed by atoms with Crippen LogP contribution < -0.4 is 10.6 Å². The molecule has 3 aromatic heterocycles. The number of rotatable bonds is 4. The molecular formula is C21H17FN8O2. The van der Waals surface area contributed by atoms with Gasteiger partial charge in [-0.25, -0.2) is 13.9 Å². The van der Waals surface area contributed by atoms with E-state index in [-0.39, 0.29) is 17.1 Å². The predicted octanol–water partition coefficient (Wildman–Crippen LogP) is 2.29. The SMILES string of the molecule is CC1=C(C(N)=O)OC(C)N1c1ccc(F)c(-c2nc3ncc(-c4cnccn4)cn3n2)c1. The van der Waals surface area contributed by atoms with Gasteiger partial charge in [0.15, 0.2) is 12.1 Å². The first-order valence-electron chi connectivity index (χ1n) is 9.67. The molecule has 1 aromatic carbocycles. The summed E-state index contributed by atoms with van der Waals surface area (Å²) in [6.45, 7) is 3.48. The third-order valence-electron chi connectivity index (χ3n) is 5.09. The second kappa shape index (κ2) is 7.38. The van der Waals surface area contributed by atoms with Crippen molar-refractivity contribution in [2.45, 2.75) is 20.1 Å². The van der Waals surface area contributed by atoms with Crippen LogP contribution in [0.2, 0.25) is 0 Å². The Bertz CT molecular complexity index is 1390. The largest absolute Gasteiger partial charge is 0.463 e. The maximum Gasteiger partial charge on any atom is 0.285 e. The van der Waals surface area contributed by atoms with Crippen molar-refractivity contribution in [1.29, 1.82) is 0 Å². The van der Waals surface area contributed by atoms with E-state index in [1.807, 2.05) is 0 Å². The summed E-state index contributed by atoms with van der Waals surface area (Å²) in [6.07, 6.45) is 7.59. The third-order valence-corrected chi connectivity index (χ3v) is 5.09. The number of amides is 1. The number of benzene rings is 1. The number of primary amides is 1. The quantitative estimate of drug-likeness (QED) is 0.521. The zero-order chi connectivity index (χ0) is 22.4. The second-order valence-electron chi connectivity index (χ2n) is 7.14. The lowest BCUT2D eigenvalue weighted by Gasteiger charge is -2.24. The highest BCUT2D eigenvalue weighted by Crippen LogP contribution is 2.34. The molecule has 4 heterocycles. The van der Waals surface area contributed by atoms with Crippen LogP contribution in [-0.4, -0.2) is 41.7 Å². The van der Waals surface area contributed by atoms with Crippen LogP contribution in [0, 0.1) is 5.82 Å². The Hall–Kier alpha value is -4.41. The van der Waals surface area contributed by atoms with Crippen molar-refractivity contribution in [2.75, 3.05) is 4.90 Å². The molecule has 1 unspecified atom stereocenters. The maximum atomic E-state index is 14.8. The number of ether oxygens (including phenoxy) is 1. The number of anilines is 1. The third kappa shape index (κ3) is 3.20.